The van der Waals surface area contributed by atoms with Gasteiger partial charge in [0.05, 0.1) is 11.6 Å². The predicted octanol–water partition coefficient (Wildman–Crippen LogP) is 2.51. The number of nitrogens with two attached hydrogens (primary N) is 1. The topological polar surface area (TPSA) is 43.1 Å². The smallest absolute Gasteiger partial charge is 0.182 e. The Bertz CT molecular complexity index is 354. The number of halogens is 2. The van der Waals surface area contributed by atoms with Gasteiger partial charge in [-0.3, -0.25) is 4.79 Å². The van der Waals surface area contributed by atoms with Crippen molar-refractivity contribution in [2.24, 2.45) is 5.73 Å². The van der Waals surface area contributed by atoms with Gasteiger partial charge < -0.3 is 5.73 Å². The lowest BCUT2D eigenvalue weighted by Crippen LogP contribution is -2.30. The van der Waals surface area contributed by atoms with E-state index in [0.29, 0.717) is 10.9 Å². The highest BCUT2D eigenvalue weighted by molar-refractivity contribution is 9.10. The summed E-state index contributed by atoms with van der Waals surface area (Å²) in [5.41, 5.74) is 5.59. The van der Waals surface area contributed by atoms with Crippen LogP contribution in [-0.2, 0) is 0 Å². The first kappa shape index (κ1) is 11.3. The first-order valence-electron chi connectivity index (χ1n) is 4.31. The molecule has 1 aromatic carbocycles. The van der Waals surface area contributed by atoms with E-state index in [-0.39, 0.29) is 11.3 Å². The lowest BCUT2D eigenvalue weighted by molar-refractivity contribution is 0.0955. The first-order chi connectivity index (χ1) is 6.56. The summed E-state index contributed by atoms with van der Waals surface area (Å²) in [4.78, 5) is 11.6. The van der Waals surface area contributed by atoms with Crippen molar-refractivity contribution in [2.45, 2.75) is 19.4 Å². The van der Waals surface area contributed by atoms with Gasteiger partial charge in [0.15, 0.2) is 5.78 Å². The van der Waals surface area contributed by atoms with E-state index >= 15 is 0 Å². The average molecular weight is 260 g/mol. The molecule has 0 radical (unpaired) electrons. The van der Waals surface area contributed by atoms with Gasteiger partial charge in [0.2, 0.25) is 0 Å². The minimum absolute atomic E-state index is 0.0497. The zero-order valence-electron chi connectivity index (χ0n) is 7.76. The summed E-state index contributed by atoms with van der Waals surface area (Å²) in [6.45, 7) is 1.79. The second-order valence-electron chi connectivity index (χ2n) is 3.00. The summed E-state index contributed by atoms with van der Waals surface area (Å²) in [5.74, 6) is -0.881. The third-order valence-electron chi connectivity index (χ3n) is 1.97. The number of rotatable bonds is 3. The number of benzene rings is 1. The summed E-state index contributed by atoms with van der Waals surface area (Å²) in [6.07, 6.45) is 0.505. The number of carbonyl (C=O) groups excluding carboxylic acids is 1. The summed E-state index contributed by atoms with van der Waals surface area (Å²) < 4.78 is 13.9. The number of hydrogen-bond acceptors (Lipinski definition) is 2. The highest BCUT2D eigenvalue weighted by Gasteiger charge is 2.17. The molecular formula is C10H11BrFNO. The Kier molecular flexibility index (Phi) is 3.77. The number of hydrogen-bond donors (Lipinski definition) is 1. The Hall–Kier alpha value is -0.740. The van der Waals surface area contributed by atoms with Crippen molar-refractivity contribution in [3.8, 4) is 0 Å². The van der Waals surface area contributed by atoms with E-state index in [4.69, 9.17) is 5.73 Å². The zero-order chi connectivity index (χ0) is 10.7. The molecule has 2 N–H and O–H groups in total. The van der Waals surface area contributed by atoms with Crippen LogP contribution in [0.2, 0.25) is 0 Å². The van der Waals surface area contributed by atoms with Gasteiger partial charge in [0, 0.05) is 4.47 Å². The Morgan fingerprint density at radius 1 is 1.64 bits per heavy atom. The van der Waals surface area contributed by atoms with Crippen molar-refractivity contribution in [1.82, 2.24) is 0 Å². The third-order valence-corrected chi connectivity index (χ3v) is 2.46. The fourth-order valence-corrected chi connectivity index (χ4v) is 1.43. The van der Waals surface area contributed by atoms with Gasteiger partial charge in [-0.2, -0.15) is 0 Å². The molecular weight excluding hydrogens is 249 g/mol. The molecule has 0 fully saturated rings. The lowest BCUT2D eigenvalue weighted by atomic mass is 10.0. The molecule has 2 nitrogen and oxygen atoms in total. The van der Waals surface area contributed by atoms with Crippen LogP contribution >= 0.6 is 15.9 Å². The van der Waals surface area contributed by atoms with Gasteiger partial charge in [-0.1, -0.05) is 22.9 Å². The van der Waals surface area contributed by atoms with Crippen LogP contribution in [0.4, 0.5) is 4.39 Å². The molecule has 0 aliphatic rings. The summed E-state index contributed by atoms with van der Waals surface area (Å²) in [7, 11) is 0. The van der Waals surface area contributed by atoms with Crippen molar-refractivity contribution in [1.29, 1.82) is 0 Å². The van der Waals surface area contributed by atoms with Gasteiger partial charge in [-0.15, -0.1) is 0 Å². The van der Waals surface area contributed by atoms with E-state index in [0.717, 1.165) is 0 Å². The fourth-order valence-electron chi connectivity index (χ4n) is 1.07. The Morgan fingerprint density at radius 2 is 2.29 bits per heavy atom. The van der Waals surface area contributed by atoms with Gasteiger partial charge in [0.1, 0.15) is 5.82 Å². The maximum atomic E-state index is 13.2. The second-order valence-corrected chi connectivity index (χ2v) is 3.92. The van der Waals surface area contributed by atoms with Crippen molar-refractivity contribution in [2.75, 3.05) is 0 Å². The molecule has 0 amide bonds. The molecule has 1 atom stereocenters. The van der Waals surface area contributed by atoms with E-state index in [2.05, 4.69) is 15.9 Å². The van der Waals surface area contributed by atoms with E-state index in [1.54, 1.807) is 13.0 Å². The van der Waals surface area contributed by atoms with Crippen LogP contribution in [-0.4, -0.2) is 11.8 Å². The summed E-state index contributed by atoms with van der Waals surface area (Å²) in [6, 6.07) is 3.62. The Balaban J connectivity index is 3.06. The molecule has 14 heavy (non-hydrogen) atoms. The monoisotopic (exact) mass is 259 g/mol. The average Bonchev–Trinajstić information content (AvgIpc) is 2.19. The molecule has 1 rings (SSSR count). The normalized spacial score (nSPS) is 12.6. The fraction of sp³-hybridized carbons (Fsp3) is 0.300. The van der Waals surface area contributed by atoms with E-state index in [9.17, 15) is 9.18 Å². The molecule has 4 heteroatoms. The molecule has 0 aliphatic carbocycles. The molecule has 0 bridgehead atoms. The van der Waals surface area contributed by atoms with Crippen molar-refractivity contribution in [3.63, 3.8) is 0 Å². The number of ketones is 1. The van der Waals surface area contributed by atoms with Crippen LogP contribution in [0.3, 0.4) is 0 Å². The number of carbonyl (C=O) groups is 1. The standard InChI is InChI=1S/C10H11BrFNO/c1-2-9(13)10(14)7-5-6(11)3-4-8(7)12/h3-5,9H,2,13H2,1H3. The van der Waals surface area contributed by atoms with Gasteiger partial charge >= 0.3 is 0 Å². The minimum Gasteiger partial charge on any atom is -0.321 e. The lowest BCUT2D eigenvalue weighted by Gasteiger charge is -2.08. The Morgan fingerprint density at radius 3 is 2.86 bits per heavy atom. The highest BCUT2D eigenvalue weighted by atomic mass is 79.9. The molecule has 0 heterocycles. The van der Waals surface area contributed by atoms with Crippen molar-refractivity contribution in [3.05, 3.63) is 34.1 Å². The first-order valence-corrected chi connectivity index (χ1v) is 5.10. The molecule has 0 aromatic heterocycles. The zero-order valence-corrected chi connectivity index (χ0v) is 9.34. The highest BCUT2D eigenvalue weighted by Crippen LogP contribution is 2.17. The maximum Gasteiger partial charge on any atom is 0.182 e. The van der Waals surface area contributed by atoms with Crippen LogP contribution in [0, 0.1) is 5.82 Å². The number of Topliss-reactive ketones (excluding diaryl/α,β-unsaturated/α-hetero) is 1. The molecule has 0 saturated carbocycles. The van der Waals surface area contributed by atoms with Gasteiger partial charge in [0.25, 0.3) is 0 Å². The summed E-state index contributed by atoms with van der Waals surface area (Å²) in [5, 5.41) is 0. The maximum absolute atomic E-state index is 13.2. The van der Waals surface area contributed by atoms with Crippen LogP contribution in [0.25, 0.3) is 0 Å². The van der Waals surface area contributed by atoms with E-state index in [1.807, 2.05) is 0 Å². The molecule has 0 spiro atoms. The van der Waals surface area contributed by atoms with Crippen molar-refractivity contribution >= 4 is 21.7 Å². The molecule has 0 aliphatic heterocycles. The van der Waals surface area contributed by atoms with Crippen LogP contribution in [0.1, 0.15) is 23.7 Å². The quantitative estimate of drug-likeness (QED) is 0.848. The van der Waals surface area contributed by atoms with Crippen LogP contribution < -0.4 is 5.73 Å². The SMILES string of the molecule is CCC(N)C(=O)c1cc(Br)ccc1F. The third kappa shape index (κ3) is 2.39. The Labute approximate surface area is 90.4 Å². The molecule has 76 valence electrons. The van der Waals surface area contributed by atoms with E-state index < -0.39 is 11.9 Å². The van der Waals surface area contributed by atoms with E-state index in [1.165, 1.54) is 12.1 Å². The van der Waals surface area contributed by atoms with Gasteiger partial charge in [-0.25, -0.2) is 4.39 Å². The van der Waals surface area contributed by atoms with Gasteiger partial charge in [-0.05, 0) is 24.6 Å². The largest absolute Gasteiger partial charge is 0.321 e. The molecule has 1 aromatic rings. The van der Waals surface area contributed by atoms with Crippen molar-refractivity contribution < 1.29 is 9.18 Å². The van der Waals surface area contributed by atoms with Crippen LogP contribution in [0.5, 0.6) is 0 Å². The second kappa shape index (κ2) is 4.66. The van der Waals surface area contributed by atoms with Crippen LogP contribution in [0.15, 0.2) is 22.7 Å². The molecule has 1 unspecified atom stereocenters. The minimum atomic E-state index is -0.626. The summed E-state index contributed by atoms with van der Waals surface area (Å²) >= 11 is 3.18. The predicted molar refractivity (Wildman–Crippen MR) is 56.7 cm³/mol. The molecule has 0 saturated heterocycles.